The number of carboxylic acid groups (broad SMARTS) is 1. The first-order chi connectivity index (χ1) is 7.22. The average Bonchev–Trinajstić information content (AvgIpc) is 2.20. The van der Waals surface area contributed by atoms with Crippen molar-refractivity contribution in [2.45, 2.75) is 12.7 Å². The van der Waals surface area contributed by atoms with Gasteiger partial charge in [0.1, 0.15) is 5.75 Å². The highest BCUT2D eigenvalue weighted by Gasteiger charge is 1.99. The van der Waals surface area contributed by atoms with Crippen LogP contribution in [0.15, 0.2) is 24.3 Å². The Labute approximate surface area is 93.4 Å². The number of benzene rings is 1. The zero-order chi connectivity index (χ0) is 11.1. The number of aliphatic carboxylic acids is 1. The van der Waals surface area contributed by atoms with E-state index in [0.717, 1.165) is 17.1 Å². The SMILES string of the molecule is CCOc1ccc(CSCC(=O)O)cc1. The molecule has 0 fully saturated rings. The summed E-state index contributed by atoms with van der Waals surface area (Å²) in [6.07, 6.45) is 0. The molecule has 0 spiro atoms. The van der Waals surface area contributed by atoms with Crippen molar-refractivity contribution < 1.29 is 14.6 Å². The molecule has 0 saturated heterocycles. The minimum Gasteiger partial charge on any atom is -0.494 e. The van der Waals surface area contributed by atoms with E-state index >= 15 is 0 Å². The van der Waals surface area contributed by atoms with Gasteiger partial charge in [-0.15, -0.1) is 11.8 Å². The van der Waals surface area contributed by atoms with Gasteiger partial charge in [-0.3, -0.25) is 4.79 Å². The van der Waals surface area contributed by atoms with E-state index in [4.69, 9.17) is 9.84 Å². The maximum Gasteiger partial charge on any atom is 0.313 e. The molecule has 0 aromatic heterocycles. The summed E-state index contributed by atoms with van der Waals surface area (Å²) < 4.78 is 5.30. The Hall–Kier alpha value is -1.16. The second-order valence-corrected chi connectivity index (χ2v) is 3.95. The van der Waals surface area contributed by atoms with Gasteiger partial charge in [-0.05, 0) is 24.6 Å². The molecule has 0 aliphatic carbocycles. The van der Waals surface area contributed by atoms with Crippen LogP contribution >= 0.6 is 11.8 Å². The number of thioether (sulfide) groups is 1. The fourth-order valence-corrected chi connectivity index (χ4v) is 1.81. The van der Waals surface area contributed by atoms with E-state index in [1.165, 1.54) is 11.8 Å². The van der Waals surface area contributed by atoms with Gasteiger partial charge >= 0.3 is 5.97 Å². The molecule has 0 radical (unpaired) electrons. The van der Waals surface area contributed by atoms with E-state index in [2.05, 4.69) is 0 Å². The van der Waals surface area contributed by atoms with E-state index in [0.29, 0.717) is 6.61 Å². The highest BCUT2D eigenvalue weighted by atomic mass is 32.2. The summed E-state index contributed by atoms with van der Waals surface area (Å²) in [5.74, 6) is 0.946. The predicted molar refractivity (Wildman–Crippen MR) is 61.4 cm³/mol. The quantitative estimate of drug-likeness (QED) is 0.809. The maximum atomic E-state index is 10.3. The minimum absolute atomic E-state index is 0.146. The van der Waals surface area contributed by atoms with Crippen LogP contribution in [0.2, 0.25) is 0 Å². The number of carboxylic acids is 1. The summed E-state index contributed by atoms with van der Waals surface area (Å²) in [6, 6.07) is 7.72. The molecule has 0 saturated carbocycles. The van der Waals surface area contributed by atoms with Crippen molar-refractivity contribution in [1.29, 1.82) is 0 Å². The topological polar surface area (TPSA) is 46.5 Å². The Morgan fingerprint density at radius 2 is 2.07 bits per heavy atom. The largest absolute Gasteiger partial charge is 0.494 e. The molecule has 0 unspecified atom stereocenters. The second-order valence-electron chi connectivity index (χ2n) is 2.96. The van der Waals surface area contributed by atoms with Crippen LogP contribution in [0.25, 0.3) is 0 Å². The average molecular weight is 226 g/mol. The molecule has 1 N–H and O–H groups in total. The minimum atomic E-state index is -0.772. The van der Waals surface area contributed by atoms with Crippen LogP contribution in [-0.4, -0.2) is 23.4 Å². The maximum absolute atomic E-state index is 10.3. The molecular formula is C11H14O3S. The van der Waals surface area contributed by atoms with Crippen molar-refractivity contribution >= 4 is 17.7 Å². The lowest BCUT2D eigenvalue weighted by Gasteiger charge is -2.04. The highest BCUT2D eigenvalue weighted by molar-refractivity contribution is 7.99. The van der Waals surface area contributed by atoms with Gasteiger partial charge < -0.3 is 9.84 Å². The van der Waals surface area contributed by atoms with Crippen molar-refractivity contribution in [1.82, 2.24) is 0 Å². The van der Waals surface area contributed by atoms with Gasteiger partial charge in [0.2, 0.25) is 0 Å². The van der Waals surface area contributed by atoms with Crippen molar-refractivity contribution in [2.75, 3.05) is 12.4 Å². The molecule has 15 heavy (non-hydrogen) atoms. The van der Waals surface area contributed by atoms with Crippen molar-refractivity contribution in [3.8, 4) is 5.75 Å². The third-order valence-electron chi connectivity index (χ3n) is 1.73. The molecular weight excluding hydrogens is 212 g/mol. The lowest BCUT2D eigenvalue weighted by Crippen LogP contribution is -1.98. The van der Waals surface area contributed by atoms with Gasteiger partial charge in [-0.1, -0.05) is 12.1 Å². The Kier molecular flexibility index (Phi) is 5.04. The number of rotatable bonds is 6. The highest BCUT2D eigenvalue weighted by Crippen LogP contribution is 2.16. The summed E-state index contributed by atoms with van der Waals surface area (Å²) in [4.78, 5) is 10.3. The first kappa shape index (κ1) is 11.9. The number of hydrogen-bond donors (Lipinski definition) is 1. The molecule has 0 amide bonds. The van der Waals surface area contributed by atoms with Gasteiger partial charge in [0.25, 0.3) is 0 Å². The van der Waals surface area contributed by atoms with Gasteiger partial charge in [0.15, 0.2) is 0 Å². The fourth-order valence-electron chi connectivity index (χ4n) is 1.10. The van der Waals surface area contributed by atoms with Crippen LogP contribution in [0.5, 0.6) is 5.75 Å². The first-order valence-electron chi connectivity index (χ1n) is 4.73. The van der Waals surface area contributed by atoms with Crippen LogP contribution in [0.4, 0.5) is 0 Å². The van der Waals surface area contributed by atoms with E-state index < -0.39 is 5.97 Å². The summed E-state index contributed by atoms with van der Waals surface area (Å²) in [5.41, 5.74) is 1.12. The van der Waals surface area contributed by atoms with Crippen LogP contribution < -0.4 is 4.74 Å². The van der Waals surface area contributed by atoms with Gasteiger partial charge in [0.05, 0.1) is 12.4 Å². The zero-order valence-corrected chi connectivity index (χ0v) is 9.42. The predicted octanol–water partition coefficient (Wildman–Crippen LogP) is 2.40. The molecule has 1 aromatic rings. The summed E-state index contributed by atoms with van der Waals surface area (Å²) in [6.45, 7) is 2.60. The van der Waals surface area contributed by atoms with Crippen molar-refractivity contribution in [2.24, 2.45) is 0 Å². The molecule has 82 valence electrons. The standard InChI is InChI=1S/C11H14O3S/c1-2-14-10-5-3-9(4-6-10)7-15-8-11(12)13/h3-6H,2,7-8H2,1H3,(H,12,13). The summed E-state index contributed by atoms with van der Waals surface area (Å²) in [7, 11) is 0. The zero-order valence-electron chi connectivity index (χ0n) is 8.60. The van der Waals surface area contributed by atoms with E-state index in [9.17, 15) is 4.79 Å². The normalized spacial score (nSPS) is 9.93. The van der Waals surface area contributed by atoms with Gasteiger partial charge in [-0.25, -0.2) is 0 Å². The van der Waals surface area contributed by atoms with Crippen molar-refractivity contribution in [3.05, 3.63) is 29.8 Å². The van der Waals surface area contributed by atoms with E-state index in [1.807, 2.05) is 31.2 Å². The van der Waals surface area contributed by atoms with Gasteiger partial charge in [0, 0.05) is 5.75 Å². The Bertz CT molecular complexity index is 308. The Balaban J connectivity index is 2.39. The molecule has 1 aromatic carbocycles. The fraction of sp³-hybridized carbons (Fsp3) is 0.364. The van der Waals surface area contributed by atoms with Crippen LogP contribution in [0.3, 0.4) is 0 Å². The Morgan fingerprint density at radius 1 is 1.40 bits per heavy atom. The molecule has 0 bridgehead atoms. The van der Waals surface area contributed by atoms with E-state index in [-0.39, 0.29) is 5.75 Å². The smallest absolute Gasteiger partial charge is 0.313 e. The molecule has 0 aliphatic heterocycles. The van der Waals surface area contributed by atoms with Crippen LogP contribution in [-0.2, 0) is 10.5 Å². The first-order valence-corrected chi connectivity index (χ1v) is 5.89. The third-order valence-corrected chi connectivity index (χ3v) is 2.72. The van der Waals surface area contributed by atoms with Gasteiger partial charge in [-0.2, -0.15) is 0 Å². The summed E-state index contributed by atoms with van der Waals surface area (Å²) in [5, 5.41) is 8.46. The van der Waals surface area contributed by atoms with Crippen LogP contribution in [0.1, 0.15) is 12.5 Å². The monoisotopic (exact) mass is 226 g/mol. The van der Waals surface area contributed by atoms with Crippen LogP contribution in [0, 0.1) is 0 Å². The van der Waals surface area contributed by atoms with Crippen molar-refractivity contribution in [3.63, 3.8) is 0 Å². The second kappa shape index (κ2) is 6.35. The number of hydrogen-bond acceptors (Lipinski definition) is 3. The van der Waals surface area contributed by atoms with E-state index in [1.54, 1.807) is 0 Å². The lowest BCUT2D eigenvalue weighted by atomic mass is 10.2. The molecule has 3 nitrogen and oxygen atoms in total. The molecule has 4 heteroatoms. The molecule has 0 aliphatic rings. The molecule has 1 rings (SSSR count). The molecule has 0 atom stereocenters. The Morgan fingerprint density at radius 3 is 2.60 bits per heavy atom. The number of carbonyl (C=O) groups is 1. The third kappa shape index (κ3) is 4.74. The lowest BCUT2D eigenvalue weighted by molar-refractivity contribution is -0.133. The summed E-state index contributed by atoms with van der Waals surface area (Å²) >= 11 is 1.39. The molecule has 0 heterocycles. The number of ether oxygens (including phenoxy) is 1.